The number of esters is 2. The molecule has 34 heavy (non-hydrogen) atoms. The maximum absolute atomic E-state index is 9.70. The van der Waals surface area contributed by atoms with E-state index in [1.807, 2.05) is 12.5 Å². The molecule has 0 saturated carbocycles. The number of nitrogens with two attached hydrogens (primary N) is 1. The van der Waals surface area contributed by atoms with Crippen molar-refractivity contribution in [1.82, 2.24) is 11.5 Å². The summed E-state index contributed by atoms with van der Waals surface area (Å²) in [5.74, 6) is -0.819. The predicted molar refractivity (Wildman–Crippen MR) is 161 cm³/mol. The highest BCUT2D eigenvalue weighted by Gasteiger charge is 1.76. The number of rotatable bonds is 0. The van der Waals surface area contributed by atoms with Crippen LogP contribution in [0.15, 0.2) is 0 Å². The molecule has 0 spiro atoms. The van der Waals surface area contributed by atoms with Gasteiger partial charge in [-0.3, -0.25) is 19.2 Å². The van der Waals surface area contributed by atoms with Gasteiger partial charge in [0.25, 0.3) is 0 Å². The molecule has 11 heteroatoms. The van der Waals surface area contributed by atoms with E-state index in [1.54, 1.807) is 33.0 Å². The summed E-state index contributed by atoms with van der Waals surface area (Å²) in [5, 5.41) is 2.39. The lowest BCUT2D eigenvalue weighted by atomic mass is 10.7. The monoisotopic (exact) mass is 534 g/mol. The number of thioether (sulfide) groups is 1. The number of amides is 2. The number of primary amides is 1. The highest BCUT2D eigenvalue weighted by molar-refractivity contribution is 7.97. The molecule has 0 aromatic rings. The standard InChI is InChI=1S/C3H7NO.2C3H6O2.C2H5NO.C2H6O.C2H6S.8CH4.H3N/c1-3(5)4-2;2*1-3(4)5-2;1-2(3)4;2*1-3-2;;;;;;;;;/h1-2H3,(H,4,5);2*1-2H3;1H3,(H2,3,4);2*1-2H3;8*1H4;1H3. The molecule has 0 fully saturated rings. The fraction of sp³-hybridized carbons (Fsp3) is 0.826. The van der Waals surface area contributed by atoms with Crippen LogP contribution in [-0.2, 0) is 33.4 Å². The number of ether oxygens (including phenoxy) is 3. The van der Waals surface area contributed by atoms with E-state index in [2.05, 4.69) is 25.3 Å². The van der Waals surface area contributed by atoms with Crippen LogP contribution in [0.3, 0.4) is 0 Å². The minimum absolute atomic E-state index is 0. The molecule has 2 amide bonds. The Morgan fingerprint density at radius 3 is 0.706 bits per heavy atom. The molecule has 0 radical (unpaired) electrons. The summed E-state index contributed by atoms with van der Waals surface area (Å²) in [6, 6.07) is 0. The van der Waals surface area contributed by atoms with E-state index in [9.17, 15) is 19.2 Å². The van der Waals surface area contributed by atoms with Crippen molar-refractivity contribution in [3.63, 3.8) is 0 Å². The van der Waals surface area contributed by atoms with Crippen molar-refractivity contribution in [2.45, 2.75) is 87.1 Å². The normalized spacial score (nSPS) is 4.79. The molecule has 0 aliphatic heterocycles. The molecule has 0 aliphatic rings. The molecule has 6 N–H and O–H groups in total. The average Bonchev–Trinajstić information content (AvgIpc) is 2.49. The molecule has 226 valence electrons. The Labute approximate surface area is 221 Å². The van der Waals surface area contributed by atoms with Gasteiger partial charge in [-0.1, -0.05) is 59.4 Å². The van der Waals surface area contributed by atoms with E-state index in [-0.39, 0.29) is 89.3 Å². The molecule has 0 aromatic heterocycles. The molecule has 0 heterocycles. The highest BCUT2D eigenvalue weighted by atomic mass is 32.2. The third-order valence-corrected chi connectivity index (χ3v) is 0.927. The highest BCUT2D eigenvalue weighted by Crippen LogP contribution is 1.70. The first-order valence-corrected chi connectivity index (χ1v) is 8.35. The van der Waals surface area contributed by atoms with Gasteiger partial charge in [-0.2, -0.15) is 11.8 Å². The first-order valence-electron chi connectivity index (χ1n) is 6.71. The smallest absolute Gasteiger partial charge is 0.302 e. The van der Waals surface area contributed by atoms with Crippen LogP contribution in [0.2, 0.25) is 0 Å². The van der Waals surface area contributed by atoms with Crippen molar-refractivity contribution in [3.05, 3.63) is 0 Å². The zero-order chi connectivity index (χ0) is 21.8. The SMILES string of the molecule is C.C.C.C.C.C.C.C.CC(N)=O.CNC(C)=O.COC.COC(C)=O.COC(C)=O.CSC.N. The van der Waals surface area contributed by atoms with Gasteiger partial charge in [-0.25, -0.2) is 0 Å². The van der Waals surface area contributed by atoms with E-state index >= 15 is 0 Å². The van der Waals surface area contributed by atoms with Crippen LogP contribution in [0.25, 0.3) is 0 Å². The minimum Gasteiger partial charge on any atom is -0.469 e. The molecule has 0 unspecified atom stereocenters. The van der Waals surface area contributed by atoms with Crippen LogP contribution in [0.1, 0.15) is 87.1 Å². The number of methoxy groups -OCH3 is 3. The van der Waals surface area contributed by atoms with Crippen LogP contribution in [-0.4, -0.2) is 71.8 Å². The Balaban J connectivity index is -0.00000000940. The molecule has 0 aliphatic carbocycles. The van der Waals surface area contributed by atoms with E-state index in [0.717, 1.165) is 0 Å². The molecule has 0 bridgehead atoms. The molecule has 0 rings (SSSR count). The number of nitrogens with one attached hydrogen (secondary N) is 1. The summed E-state index contributed by atoms with van der Waals surface area (Å²) in [7, 11) is 7.55. The lowest BCUT2D eigenvalue weighted by Gasteiger charge is -1.80. The minimum atomic E-state index is -0.333. The topological polar surface area (TPSA) is 169 Å². The van der Waals surface area contributed by atoms with Crippen molar-refractivity contribution in [2.24, 2.45) is 5.73 Å². The maximum Gasteiger partial charge on any atom is 0.302 e. The first-order chi connectivity index (χ1) is 11.4. The summed E-state index contributed by atoms with van der Waals surface area (Å²) in [4.78, 5) is 38.1. The second-order valence-electron chi connectivity index (χ2n) is 3.62. The third kappa shape index (κ3) is 1490. The van der Waals surface area contributed by atoms with Gasteiger partial charge in [0.15, 0.2) is 0 Å². The number of hydrogen-bond acceptors (Lipinski definition) is 9. The van der Waals surface area contributed by atoms with Gasteiger partial charge in [0.2, 0.25) is 11.8 Å². The lowest BCUT2D eigenvalue weighted by Crippen LogP contribution is -2.11. The third-order valence-electron chi connectivity index (χ3n) is 0.927. The van der Waals surface area contributed by atoms with E-state index in [1.165, 1.54) is 41.9 Å². The summed E-state index contributed by atoms with van der Waals surface area (Å²) in [5.41, 5.74) is 4.47. The maximum atomic E-state index is 9.70. The van der Waals surface area contributed by atoms with Crippen molar-refractivity contribution >= 4 is 35.5 Å². The average molecular weight is 534 g/mol. The number of carbonyl (C=O) groups is 4. The van der Waals surface area contributed by atoms with E-state index < -0.39 is 0 Å². The molecular weight excluding hydrogens is 462 g/mol. The predicted octanol–water partition coefficient (Wildman–Crippen LogP) is 6.10. The van der Waals surface area contributed by atoms with Gasteiger partial charge in [0.05, 0.1) is 14.2 Å². The Kier molecular flexibility index (Phi) is 385. The van der Waals surface area contributed by atoms with E-state index in [0.29, 0.717) is 0 Å². The summed E-state index contributed by atoms with van der Waals surface area (Å²) < 4.78 is 12.5. The van der Waals surface area contributed by atoms with Gasteiger partial charge in [0, 0.05) is 49.0 Å². The largest absolute Gasteiger partial charge is 0.469 e. The molecule has 0 atom stereocenters. The van der Waals surface area contributed by atoms with Gasteiger partial charge in [-0.15, -0.1) is 0 Å². The van der Waals surface area contributed by atoms with Crippen molar-refractivity contribution < 1.29 is 33.4 Å². The van der Waals surface area contributed by atoms with Crippen molar-refractivity contribution in [1.29, 1.82) is 0 Å². The number of hydrogen-bond donors (Lipinski definition) is 3. The Bertz CT molecular complexity index is 271. The molecular formula is C23H71N3O7S. The van der Waals surface area contributed by atoms with Gasteiger partial charge >= 0.3 is 11.9 Å². The van der Waals surface area contributed by atoms with Gasteiger partial charge in [-0.05, 0) is 12.5 Å². The summed E-state index contributed by atoms with van der Waals surface area (Å²) in [6.45, 7) is 5.50. The second kappa shape index (κ2) is 123. The molecule has 0 aromatic carbocycles. The molecule has 10 nitrogen and oxygen atoms in total. The van der Waals surface area contributed by atoms with Gasteiger partial charge in [0.1, 0.15) is 0 Å². The van der Waals surface area contributed by atoms with E-state index in [4.69, 9.17) is 0 Å². The van der Waals surface area contributed by atoms with Crippen LogP contribution in [0, 0.1) is 0 Å². The summed E-state index contributed by atoms with van der Waals surface area (Å²) in [6.07, 6.45) is 4.08. The second-order valence-corrected chi connectivity index (χ2v) is 4.44. The molecule has 0 saturated heterocycles. The zero-order valence-corrected chi connectivity index (χ0v) is 18.9. The number of carbonyl (C=O) groups excluding carboxylic acids is 4. The first kappa shape index (κ1) is 106. The van der Waals surface area contributed by atoms with Crippen LogP contribution in [0.4, 0.5) is 0 Å². The van der Waals surface area contributed by atoms with Crippen LogP contribution >= 0.6 is 11.8 Å². The Hall–Kier alpha value is -1.85. The quantitative estimate of drug-likeness (QED) is 0.311. The Morgan fingerprint density at radius 2 is 0.706 bits per heavy atom. The van der Waals surface area contributed by atoms with Crippen molar-refractivity contribution in [2.75, 3.05) is 48.0 Å². The fourth-order valence-electron chi connectivity index (χ4n) is 0. The lowest BCUT2D eigenvalue weighted by molar-refractivity contribution is -0.138. The van der Waals surface area contributed by atoms with Gasteiger partial charge < -0.3 is 31.4 Å². The summed E-state index contributed by atoms with van der Waals surface area (Å²) >= 11 is 1.75. The Morgan fingerprint density at radius 1 is 0.647 bits per heavy atom. The van der Waals surface area contributed by atoms with Crippen LogP contribution < -0.4 is 17.2 Å². The van der Waals surface area contributed by atoms with Crippen molar-refractivity contribution in [3.8, 4) is 0 Å². The fourth-order valence-corrected chi connectivity index (χ4v) is 0. The zero-order valence-electron chi connectivity index (χ0n) is 18.1. The van der Waals surface area contributed by atoms with Crippen LogP contribution in [0.5, 0.6) is 0 Å².